The van der Waals surface area contributed by atoms with E-state index in [1.807, 2.05) is 54.6 Å². The molecule has 0 aliphatic heterocycles. The van der Waals surface area contributed by atoms with Gasteiger partial charge in [0.15, 0.2) is 0 Å². The third kappa shape index (κ3) is 6.19. The molecule has 0 bridgehead atoms. The van der Waals surface area contributed by atoms with E-state index >= 15 is 0 Å². The van der Waals surface area contributed by atoms with Gasteiger partial charge in [-0.15, -0.1) is 0 Å². The molecule has 0 saturated heterocycles. The van der Waals surface area contributed by atoms with Crippen molar-refractivity contribution in [1.82, 2.24) is 0 Å². The first-order valence-electron chi connectivity index (χ1n) is 6.85. The summed E-state index contributed by atoms with van der Waals surface area (Å²) < 4.78 is 0. The summed E-state index contributed by atoms with van der Waals surface area (Å²) >= 11 is 0. The molecule has 0 radical (unpaired) electrons. The van der Waals surface area contributed by atoms with Crippen molar-refractivity contribution in [3.8, 4) is 11.1 Å². The summed E-state index contributed by atoms with van der Waals surface area (Å²) in [6, 6.07) is 17.6. The highest BCUT2D eigenvalue weighted by Crippen LogP contribution is 2.20. The minimum Gasteiger partial charge on any atom is -0.481 e. The average molecular weight is 270 g/mol. The van der Waals surface area contributed by atoms with E-state index in [0.717, 1.165) is 22.6 Å². The molecule has 0 aliphatic rings. The highest BCUT2D eigenvalue weighted by atomic mass is 16.4. The molecular formula is C18H22O2. The maximum absolute atomic E-state index is 10.6. The first kappa shape index (κ1) is 16.0. The van der Waals surface area contributed by atoms with Crippen LogP contribution < -0.4 is 0 Å². The average Bonchev–Trinajstić information content (AvgIpc) is 2.39. The molecule has 0 unspecified atom stereocenters. The highest BCUT2D eigenvalue weighted by Gasteiger charge is 2.02. The van der Waals surface area contributed by atoms with Crippen molar-refractivity contribution in [1.29, 1.82) is 0 Å². The van der Waals surface area contributed by atoms with E-state index in [1.165, 1.54) is 0 Å². The number of carboxylic acids is 1. The summed E-state index contributed by atoms with van der Waals surface area (Å²) in [5, 5.41) is 8.73. The molecule has 0 fully saturated rings. The summed E-state index contributed by atoms with van der Waals surface area (Å²) in [7, 11) is 0. The van der Waals surface area contributed by atoms with Crippen LogP contribution in [0.2, 0.25) is 0 Å². The third-order valence-electron chi connectivity index (χ3n) is 2.39. The molecule has 1 N–H and O–H groups in total. The molecule has 0 heterocycles. The van der Waals surface area contributed by atoms with Gasteiger partial charge in [-0.05, 0) is 22.6 Å². The van der Waals surface area contributed by atoms with Gasteiger partial charge in [0.25, 0.3) is 0 Å². The number of carboxylic acid groups (broad SMARTS) is 1. The number of aliphatic carboxylic acids is 1. The number of hydrogen-bond acceptors (Lipinski definition) is 1. The van der Waals surface area contributed by atoms with Gasteiger partial charge in [0.1, 0.15) is 0 Å². The second-order valence-corrected chi connectivity index (χ2v) is 5.37. The van der Waals surface area contributed by atoms with Gasteiger partial charge in [-0.3, -0.25) is 4.79 Å². The first-order valence-corrected chi connectivity index (χ1v) is 6.85. The Hall–Kier alpha value is -2.09. The molecule has 20 heavy (non-hydrogen) atoms. The van der Waals surface area contributed by atoms with Crippen molar-refractivity contribution in [3.63, 3.8) is 0 Å². The molecule has 2 aromatic rings. The van der Waals surface area contributed by atoms with Crippen LogP contribution >= 0.6 is 0 Å². The molecule has 0 aliphatic carbocycles. The summed E-state index contributed by atoms with van der Waals surface area (Å²) in [4.78, 5) is 10.6. The van der Waals surface area contributed by atoms with Crippen LogP contribution in [-0.2, 0) is 11.2 Å². The Morgan fingerprint density at radius 3 is 2.05 bits per heavy atom. The lowest BCUT2D eigenvalue weighted by Crippen LogP contribution is -1.99. The van der Waals surface area contributed by atoms with E-state index in [1.54, 1.807) is 0 Å². The number of carbonyl (C=O) groups is 1. The lowest BCUT2D eigenvalue weighted by atomic mass is 10.0. The summed E-state index contributed by atoms with van der Waals surface area (Å²) in [6.07, 6.45) is 0.0701. The zero-order valence-electron chi connectivity index (χ0n) is 12.3. The van der Waals surface area contributed by atoms with Crippen molar-refractivity contribution < 1.29 is 9.90 Å². The fraction of sp³-hybridized carbons (Fsp3) is 0.278. The van der Waals surface area contributed by atoms with Crippen LogP contribution in [-0.4, -0.2) is 11.1 Å². The summed E-state index contributed by atoms with van der Waals surface area (Å²) in [5.41, 5.74) is 2.99. The van der Waals surface area contributed by atoms with Gasteiger partial charge in [-0.25, -0.2) is 0 Å². The Balaban J connectivity index is 0.000000444. The fourth-order valence-electron chi connectivity index (χ4n) is 1.67. The summed E-state index contributed by atoms with van der Waals surface area (Å²) in [6.45, 7) is 6.50. The molecule has 0 saturated carbocycles. The van der Waals surface area contributed by atoms with Crippen molar-refractivity contribution in [2.45, 2.75) is 27.2 Å². The molecular weight excluding hydrogens is 248 g/mol. The van der Waals surface area contributed by atoms with E-state index in [2.05, 4.69) is 20.8 Å². The number of hydrogen-bond donors (Lipinski definition) is 1. The number of benzene rings is 2. The van der Waals surface area contributed by atoms with Gasteiger partial charge in [-0.2, -0.15) is 0 Å². The Bertz CT molecular complexity index is 527. The van der Waals surface area contributed by atoms with Crippen LogP contribution in [0.4, 0.5) is 0 Å². The fourth-order valence-corrected chi connectivity index (χ4v) is 1.67. The van der Waals surface area contributed by atoms with Crippen molar-refractivity contribution in [2.75, 3.05) is 0 Å². The van der Waals surface area contributed by atoms with Crippen LogP contribution in [0.5, 0.6) is 0 Å². The zero-order valence-corrected chi connectivity index (χ0v) is 12.3. The van der Waals surface area contributed by atoms with Crippen molar-refractivity contribution >= 4 is 5.97 Å². The van der Waals surface area contributed by atoms with Crippen LogP contribution in [0.25, 0.3) is 11.1 Å². The smallest absolute Gasteiger partial charge is 0.307 e. The lowest BCUT2D eigenvalue weighted by Gasteiger charge is -2.03. The number of rotatable bonds is 3. The third-order valence-corrected chi connectivity index (χ3v) is 2.39. The van der Waals surface area contributed by atoms with Gasteiger partial charge in [-0.1, -0.05) is 75.4 Å². The second-order valence-electron chi connectivity index (χ2n) is 5.37. The van der Waals surface area contributed by atoms with E-state index in [9.17, 15) is 4.79 Å². The minimum absolute atomic E-state index is 0.0701. The Morgan fingerprint density at radius 2 is 1.50 bits per heavy atom. The van der Waals surface area contributed by atoms with E-state index in [-0.39, 0.29) is 6.42 Å². The van der Waals surface area contributed by atoms with Gasteiger partial charge >= 0.3 is 5.97 Å². The van der Waals surface area contributed by atoms with Gasteiger partial charge in [0.2, 0.25) is 0 Å². The molecule has 0 amide bonds. The van der Waals surface area contributed by atoms with Crippen LogP contribution in [0.1, 0.15) is 26.3 Å². The molecule has 106 valence electrons. The van der Waals surface area contributed by atoms with Crippen LogP contribution in [0, 0.1) is 5.92 Å². The highest BCUT2D eigenvalue weighted by molar-refractivity contribution is 5.72. The lowest BCUT2D eigenvalue weighted by molar-refractivity contribution is -0.136. The molecule has 2 rings (SSSR count). The van der Waals surface area contributed by atoms with Gasteiger partial charge < -0.3 is 5.11 Å². The standard InChI is InChI=1S/C14H12O2.C4H10/c15-14(16)10-11-5-4-8-13(9-11)12-6-2-1-3-7-12;1-4(2)3/h1-9H,10H2,(H,15,16);4H,1-3H3. The summed E-state index contributed by atoms with van der Waals surface area (Å²) in [5.74, 6) is 0.0326. The Kier molecular flexibility index (Phi) is 6.51. The van der Waals surface area contributed by atoms with E-state index in [4.69, 9.17) is 5.11 Å². The van der Waals surface area contributed by atoms with Gasteiger partial charge in [0.05, 0.1) is 6.42 Å². The van der Waals surface area contributed by atoms with Crippen LogP contribution in [0.15, 0.2) is 54.6 Å². The molecule has 0 atom stereocenters. The van der Waals surface area contributed by atoms with Crippen molar-refractivity contribution in [2.24, 2.45) is 5.92 Å². The minimum atomic E-state index is -0.801. The quantitative estimate of drug-likeness (QED) is 0.882. The SMILES string of the molecule is CC(C)C.O=C(O)Cc1cccc(-c2ccccc2)c1. The zero-order chi connectivity index (χ0) is 15.0. The molecule has 2 aromatic carbocycles. The molecule has 2 heteroatoms. The maximum atomic E-state index is 10.6. The van der Waals surface area contributed by atoms with Crippen LogP contribution in [0.3, 0.4) is 0 Å². The van der Waals surface area contributed by atoms with Crippen molar-refractivity contribution in [3.05, 3.63) is 60.2 Å². The predicted octanol–water partition coefficient (Wildman–Crippen LogP) is 4.64. The Morgan fingerprint density at radius 1 is 0.950 bits per heavy atom. The monoisotopic (exact) mass is 270 g/mol. The molecule has 0 aromatic heterocycles. The van der Waals surface area contributed by atoms with E-state index < -0.39 is 5.97 Å². The van der Waals surface area contributed by atoms with Gasteiger partial charge in [0, 0.05) is 0 Å². The first-order chi connectivity index (χ1) is 9.49. The maximum Gasteiger partial charge on any atom is 0.307 e. The molecule has 2 nitrogen and oxygen atoms in total. The van der Waals surface area contributed by atoms with E-state index in [0.29, 0.717) is 0 Å². The molecule has 0 spiro atoms. The second kappa shape index (κ2) is 8.16. The normalized spacial score (nSPS) is 9.80. The largest absolute Gasteiger partial charge is 0.481 e. The Labute approximate surface area is 121 Å². The predicted molar refractivity (Wildman–Crippen MR) is 83.7 cm³/mol. The topological polar surface area (TPSA) is 37.3 Å².